The molecule has 4 rings (SSSR count). The average molecular weight is 365 g/mol. The van der Waals surface area contributed by atoms with E-state index in [2.05, 4.69) is 14.9 Å². The van der Waals surface area contributed by atoms with E-state index in [1.54, 1.807) is 12.1 Å². The molecule has 0 unspecified atom stereocenters. The van der Waals surface area contributed by atoms with Gasteiger partial charge >= 0.3 is 0 Å². The summed E-state index contributed by atoms with van der Waals surface area (Å²) in [6.45, 7) is 7.78. The van der Waals surface area contributed by atoms with Crippen LogP contribution in [0.15, 0.2) is 44.5 Å². The second kappa shape index (κ2) is 6.46. The Labute approximate surface area is 156 Å². The van der Waals surface area contributed by atoms with Gasteiger partial charge in [-0.05, 0) is 12.1 Å². The molecule has 0 bridgehead atoms. The maximum Gasteiger partial charge on any atom is 0.255 e. The van der Waals surface area contributed by atoms with Gasteiger partial charge in [0.25, 0.3) is 5.56 Å². The molecule has 6 heteroatoms. The van der Waals surface area contributed by atoms with Crippen LogP contribution in [0, 0.1) is 0 Å². The SMILES string of the molecule is CC(C)(C)c1nc2c(c(=O)[nH]1)CN(Cc1coc3ccccc3c1=O)CC2. The molecular weight excluding hydrogens is 342 g/mol. The molecule has 0 amide bonds. The molecule has 0 saturated carbocycles. The van der Waals surface area contributed by atoms with E-state index in [4.69, 9.17) is 4.42 Å². The van der Waals surface area contributed by atoms with Crippen LogP contribution in [-0.4, -0.2) is 21.4 Å². The third-order valence-electron chi connectivity index (χ3n) is 5.00. The van der Waals surface area contributed by atoms with Gasteiger partial charge in [-0.25, -0.2) is 4.98 Å². The van der Waals surface area contributed by atoms with Crippen LogP contribution in [0.1, 0.15) is 43.4 Å². The Morgan fingerprint density at radius 2 is 2.00 bits per heavy atom. The monoisotopic (exact) mass is 365 g/mol. The lowest BCUT2D eigenvalue weighted by Gasteiger charge is -2.28. The van der Waals surface area contributed by atoms with Gasteiger partial charge in [-0.1, -0.05) is 32.9 Å². The topological polar surface area (TPSA) is 79.2 Å². The Kier molecular flexibility index (Phi) is 4.23. The number of hydrogen-bond donors (Lipinski definition) is 1. The van der Waals surface area contributed by atoms with E-state index >= 15 is 0 Å². The van der Waals surface area contributed by atoms with Crippen molar-refractivity contribution in [2.45, 2.75) is 45.7 Å². The van der Waals surface area contributed by atoms with Crippen LogP contribution in [0.3, 0.4) is 0 Å². The molecule has 0 fully saturated rings. The fourth-order valence-corrected chi connectivity index (χ4v) is 3.44. The number of para-hydroxylation sites is 1. The zero-order valence-corrected chi connectivity index (χ0v) is 15.8. The Hall–Kier alpha value is -2.73. The first-order valence-electron chi connectivity index (χ1n) is 9.17. The number of nitrogens with zero attached hydrogens (tertiary/aromatic N) is 2. The summed E-state index contributed by atoms with van der Waals surface area (Å²) in [5.74, 6) is 0.717. The first-order chi connectivity index (χ1) is 12.8. The van der Waals surface area contributed by atoms with Crippen LogP contribution in [0.4, 0.5) is 0 Å². The Bertz CT molecular complexity index is 1120. The molecular formula is C21H23N3O3. The van der Waals surface area contributed by atoms with Crippen LogP contribution in [0.2, 0.25) is 0 Å². The minimum Gasteiger partial charge on any atom is -0.464 e. The number of benzene rings is 1. The molecule has 27 heavy (non-hydrogen) atoms. The van der Waals surface area contributed by atoms with Crippen molar-refractivity contribution in [1.29, 1.82) is 0 Å². The second-order valence-corrected chi connectivity index (χ2v) is 8.14. The number of aromatic nitrogens is 2. The summed E-state index contributed by atoms with van der Waals surface area (Å²) >= 11 is 0. The molecule has 0 atom stereocenters. The van der Waals surface area contributed by atoms with Crippen molar-refractivity contribution in [3.63, 3.8) is 0 Å². The van der Waals surface area contributed by atoms with Crippen molar-refractivity contribution in [2.24, 2.45) is 0 Å². The van der Waals surface area contributed by atoms with E-state index in [0.29, 0.717) is 41.6 Å². The van der Waals surface area contributed by atoms with E-state index in [1.165, 1.54) is 6.26 Å². The summed E-state index contributed by atoms with van der Waals surface area (Å²) in [6, 6.07) is 7.24. The normalized spacial score (nSPS) is 15.1. The predicted molar refractivity (Wildman–Crippen MR) is 104 cm³/mol. The minimum absolute atomic E-state index is 0.0160. The molecule has 1 aliphatic rings. The van der Waals surface area contributed by atoms with Gasteiger partial charge in [-0.15, -0.1) is 0 Å². The van der Waals surface area contributed by atoms with Gasteiger partial charge in [0.05, 0.1) is 22.9 Å². The quantitative estimate of drug-likeness (QED) is 0.755. The maximum absolute atomic E-state index is 12.7. The van der Waals surface area contributed by atoms with Crippen molar-refractivity contribution >= 4 is 11.0 Å². The molecule has 0 saturated heterocycles. The molecule has 6 nitrogen and oxygen atoms in total. The van der Waals surface area contributed by atoms with Crippen molar-refractivity contribution in [1.82, 2.24) is 14.9 Å². The van der Waals surface area contributed by atoms with Crippen molar-refractivity contribution in [3.05, 3.63) is 73.8 Å². The van der Waals surface area contributed by atoms with Gasteiger partial charge in [-0.2, -0.15) is 0 Å². The highest BCUT2D eigenvalue weighted by molar-refractivity contribution is 5.76. The van der Waals surface area contributed by atoms with Crippen molar-refractivity contribution < 1.29 is 4.42 Å². The van der Waals surface area contributed by atoms with E-state index in [0.717, 1.165) is 18.1 Å². The lowest BCUT2D eigenvalue weighted by Crippen LogP contribution is -2.37. The third-order valence-corrected chi connectivity index (χ3v) is 5.00. The highest BCUT2D eigenvalue weighted by Crippen LogP contribution is 2.21. The molecule has 1 aliphatic heterocycles. The van der Waals surface area contributed by atoms with Gasteiger partial charge < -0.3 is 9.40 Å². The summed E-state index contributed by atoms with van der Waals surface area (Å²) in [7, 11) is 0. The standard InChI is InChI=1S/C21H23N3O3/c1-21(2,3)20-22-16-8-9-24(11-15(16)19(26)23-20)10-13-12-27-17-7-5-4-6-14(17)18(13)25/h4-7,12H,8-11H2,1-3H3,(H,22,23,26). The lowest BCUT2D eigenvalue weighted by molar-refractivity contribution is 0.238. The summed E-state index contributed by atoms with van der Waals surface area (Å²) in [5.41, 5.74) is 2.45. The molecule has 1 aromatic carbocycles. The van der Waals surface area contributed by atoms with E-state index in [-0.39, 0.29) is 16.4 Å². The number of nitrogens with one attached hydrogen (secondary N) is 1. The number of aromatic amines is 1. The average Bonchev–Trinajstić information content (AvgIpc) is 2.64. The maximum atomic E-state index is 12.7. The number of rotatable bonds is 2. The van der Waals surface area contributed by atoms with Crippen LogP contribution in [-0.2, 0) is 24.9 Å². The van der Waals surface area contributed by atoms with Crippen LogP contribution in [0.25, 0.3) is 11.0 Å². The fraction of sp³-hybridized carbons (Fsp3) is 0.381. The van der Waals surface area contributed by atoms with Gasteiger partial charge in [0.1, 0.15) is 11.4 Å². The highest BCUT2D eigenvalue weighted by Gasteiger charge is 2.25. The number of fused-ring (bicyclic) bond motifs is 2. The van der Waals surface area contributed by atoms with Crippen LogP contribution >= 0.6 is 0 Å². The largest absolute Gasteiger partial charge is 0.464 e. The molecule has 0 aliphatic carbocycles. The summed E-state index contributed by atoms with van der Waals surface area (Å²) in [4.78, 5) is 35.0. The fourth-order valence-electron chi connectivity index (χ4n) is 3.44. The molecule has 0 radical (unpaired) electrons. The zero-order valence-electron chi connectivity index (χ0n) is 15.8. The Morgan fingerprint density at radius 3 is 2.78 bits per heavy atom. The Morgan fingerprint density at radius 1 is 1.22 bits per heavy atom. The van der Waals surface area contributed by atoms with Crippen molar-refractivity contribution in [3.8, 4) is 0 Å². The first-order valence-corrected chi connectivity index (χ1v) is 9.17. The molecule has 0 spiro atoms. The molecule has 3 heterocycles. The van der Waals surface area contributed by atoms with E-state index in [9.17, 15) is 9.59 Å². The Balaban J connectivity index is 1.62. The van der Waals surface area contributed by atoms with Crippen LogP contribution in [0.5, 0.6) is 0 Å². The summed E-state index contributed by atoms with van der Waals surface area (Å²) in [5, 5.41) is 0.585. The molecule has 1 N–H and O–H groups in total. The van der Waals surface area contributed by atoms with Gasteiger partial charge in [0, 0.05) is 37.0 Å². The zero-order chi connectivity index (χ0) is 19.2. The van der Waals surface area contributed by atoms with Crippen LogP contribution < -0.4 is 11.0 Å². The second-order valence-electron chi connectivity index (χ2n) is 8.14. The molecule has 140 valence electrons. The van der Waals surface area contributed by atoms with Gasteiger partial charge in [0.15, 0.2) is 5.43 Å². The number of H-pyrrole nitrogens is 1. The smallest absolute Gasteiger partial charge is 0.255 e. The summed E-state index contributed by atoms with van der Waals surface area (Å²) < 4.78 is 5.60. The van der Waals surface area contributed by atoms with E-state index < -0.39 is 0 Å². The lowest BCUT2D eigenvalue weighted by atomic mass is 9.95. The van der Waals surface area contributed by atoms with Gasteiger partial charge in [0.2, 0.25) is 0 Å². The number of hydrogen-bond acceptors (Lipinski definition) is 5. The minimum atomic E-state index is -0.199. The highest BCUT2D eigenvalue weighted by atomic mass is 16.3. The van der Waals surface area contributed by atoms with Crippen molar-refractivity contribution in [2.75, 3.05) is 6.54 Å². The van der Waals surface area contributed by atoms with Gasteiger partial charge in [-0.3, -0.25) is 14.5 Å². The summed E-state index contributed by atoms with van der Waals surface area (Å²) in [6.07, 6.45) is 2.23. The first kappa shape index (κ1) is 17.7. The molecule has 2 aromatic heterocycles. The van der Waals surface area contributed by atoms with E-state index in [1.807, 2.05) is 32.9 Å². The molecule has 3 aromatic rings. The predicted octanol–water partition coefficient (Wildman–Crippen LogP) is 2.73. The third kappa shape index (κ3) is 3.32.